The van der Waals surface area contributed by atoms with Crippen LogP contribution in [0, 0.1) is 6.92 Å². The standard InChI is InChI=1S/C22H21NO6/c1-3-14-10-16-13(2)9-20(25)29-18(16)11-17(14)28-12-19(24)23-21(22(26)27)15-7-5-4-6-8-15/h4-11,21H,3,12H2,1-2H3,(H,23,24)(H,26,27)/p-1/t21-/m1/s1. The van der Waals surface area contributed by atoms with Crippen molar-refractivity contribution in [2.75, 3.05) is 6.61 Å². The Bertz CT molecular complexity index is 1100. The lowest BCUT2D eigenvalue weighted by Gasteiger charge is -2.20. The van der Waals surface area contributed by atoms with Gasteiger partial charge < -0.3 is 24.4 Å². The predicted molar refractivity (Wildman–Crippen MR) is 104 cm³/mol. The lowest BCUT2D eigenvalue weighted by atomic mass is 10.1. The van der Waals surface area contributed by atoms with Gasteiger partial charge in [0.15, 0.2) is 6.61 Å². The molecule has 3 aromatic rings. The maximum atomic E-state index is 12.3. The minimum Gasteiger partial charge on any atom is -0.548 e. The van der Waals surface area contributed by atoms with E-state index < -0.39 is 30.2 Å². The zero-order valence-electron chi connectivity index (χ0n) is 16.1. The summed E-state index contributed by atoms with van der Waals surface area (Å²) in [5.41, 5.74) is 1.91. The smallest absolute Gasteiger partial charge is 0.336 e. The monoisotopic (exact) mass is 394 g/mol. The Kier molecular flexibility index (Phi) is 5.97. The molecular formula is C22H20NO6-. The number of aryl methyl sites for hydroxylation is 2. The number of ether oxygens (including phenoxy) is 1. The summed E-state index contributed by atoms with van der Waals surface area (Å²) in [4.78, 5) is 35.3. The molecule has 0 fully saturated rings. The largest absolute Gasteiger partial charge is 0.548 e. The third-order valence-corrected chi connectivity index (χ3v) is 4.55. The first-order valence-electron chi connectivity index (χ1n) is 9.14. The molecule has 7 nitrogen and oxygen atoms in total. The van der Waals surface area contributed by atoms with Crippen LogP contribution in [0.15, 0.2) is 57.7 Å². The number of amides is 1. The van der Waals surface area contributed by atoms with Gasteiger partial charge >= 0.3 is 5.63 Å². The minimum atomic E-state index is -1.42. The van der Waals surface area contributed by atoms with Gasteiger partial charge in [-0.2, -0.15) is 0 Å². The topological polar surface area (TPSA) is 109 Å². The average Bonchev–Trinajstić information content (AvgIpc) is 2.70. The van der Waals surface area contributed by atoms with Crippen LogP contribution < -0.4 is 20.8 Å². The van der Waals surface area contributed by atoms with Crippen LogP contribution in [0.25, 0.3) is 11.0 Å². The Morgan fingerprint density at radius 1 is 1.17 bits per heavy atom. The van der Waals surface area contributed by atoms with Gasteiger partial charge in [0.25, 0.3) is 5.91 Å². The maximum Gasteiger partial charge on any atom is 0.336 e. The first-order chi connectivity index (χ1) is 13.9. The molecule has 0 aliphatic carbocycles. The Balaban J connectivity index is 1.78. The fourth-order valence-corrected chi connectivity index (χ4v) is 3.07. The highest BCUT2D eigenvalue weighted by Crippen LogP contribution is 2.27. The Hall–Kier alpha value is -3.61. The van der Waals surface area contributed by atoms with E-state index in [2.05, 4.69) is 5.32 Å². The van der Waals surface area contributed by atoms with Crippen molar-refractivity contribution in [1.82, 2.24) is 5.32 Å². The van der Waals surface area contributed by atoms with E-state index >= 15 is 0 Å². The van der Waals surface area contributed by atoms with Crippen molar-refractivity contribution in [2.24, 2.45) is 0 Å². The number of carboxylic acid groups (broad SMARTS) is 1. The first kappa shape index (κ1) is 20.1. The van der Waals surface area contributed by atoms with Gasteiger partial charge in [0.2, 0.25) is 0 Å². The molecule has 0 spiro atoms. The second-order valence-electron chi connectivity index (χ2n) is 6.58. The molecule has 0 unspecified atom stereocenters. The van der Waals surface area contributed by atoms with Gasteiger partial charge in [0.1, 0.15) is 11.3 Å². The molecule has 3 rings (SSSR count). The van der Waals surface area contributed by atoms with Crippen molar-refractivity contribution in [3.63, 3.8) is 0 Å². The number of rotatable bonds is 7. The molecule has 0 saturated carbocycles. The lowest BCUT2D eigenvalue weighted by Crippen LogP contribution is -2.43. The van der Waals surface area contributed by atoms with Crippen LogP contribution in [0.4, 0.5) is 0 Å². The Labute approximate surface area is 166 Å². The quantitative estimate of drug-likeness (QED) is 0.611. The van der Waals surface area contributed by atoms with Crippen LogP contribution in [-0.2, 0) is 16.0 Å². The molecule has 1 heterocycles. The molecule has 1 aromatic heterocycles. The minimum absolute atomic E-state index is 0.361. The van der Waals surface area contributed by atoms with Crippen LogP contribution in [-0.4, -0.2) is 18.5 Å². The SMILES string of the molecule is CCc1cc2c(C)cc(=O)oc2cc1OCC(=O)N[C@@H](C(=O)[O-])c1ccccc1. The molecule has 0 bridgehead atoms. The molecule has 150 valence electrons. The normalized spacial score (nSPS) is 11.8. The van der Waals surface area contributed by atoms with Crippen LogP contribution >= 0.6 is 0 Å². The summed E-state index contributed by atoms with van der Waals surface area (Å²) < 4.78 is 10.8. The van der Waals surface area contributed by atoms with Crippen LogP contribution in [0.5, 0.6) is 5.75 Å². The van der Waals surface area contributed by atoms with Crippen molar-refractivity contribution in [2.45, 2.75) is 26.3 Å². The number of hydrogen-bond donors (Lipinski definition) is 1. The highest BCUT2D eigenvalue weighted by molar-refractivity contribution is 5.85. The van der Waals surface area contributed by atoms with Gasteiger partial charge in [-0.15, -0.1) is 0 Å². The third kappa shape index (κ3) is 4.63. The number of hydrogen-bond acceptors (Lipinski definition) is 6. The van der Waals surface area contributed by atoms with E-state index in [0.29, 0.717) is 23.3 Å². The average molecular weight is 394 g/mol. The van der Waals surface area contributed by atoms with Crippen LogP contribution in [0.3, 0.4) is 0 Å². The molecule has 1 amide bonds. The molecule has 0 saturated heterocycles. The van der Waals surface area contributed by atoms with Gasteiger partial charge in [-0.25, -0.2) is 4.79 Å². The van der Waals surface area contributed by atoms with E-state index in [0.717, 1.165) is 16.5 Å². The van der Waals surface area contributed by atoms with Crippen molar-refractivity contribution in [1.29, 1.82) is 0 Å². The molecule has 7 heteroatoms. The molecule has 1 atom stereocenters. The molecule has 2 aromatic carbocycles. The summed E-state index contributed by atoms with van der Waals surface area (Å²) in [7, 11) is 0. The van der Waals surface area contributed by atoms with E-state index in [-0.39, 0.29) is 0 Å². The third-order valence-electron chi connectivity index (χ3n) is 4.55. The van der Waals surface area contributed by atoms with Gasteiger partial charge in [-0.05, 0) is 36.1 Å². The first-order valence-corrected chi connectivity index (χ1v) is 9.14. The fourth-order valence-electron chi connectivity index (χ4n) is 3.07. The number of carbonyl (C=O) groups excluding carboxylic acids is 2. The number of carboxylic acids is 1. The van der Waals surface area contributed by atoms with Crippen molar-refractivity contribution >= 4 is 22.8 Å². The zero-order valence-corrected chi connectivity index (χ0v) is 16.1. The van der Waals surface area contributed by atoms with Crippen LogP contribution in [0.1, 0.15) is 29.7 Å². The highest BCUT2D eigenvalue weighted by atomic mass is 16.5. The van der Waals surface area contributed by atoms with Gasteiger partial charge in [0.05, 0.1) is 12.0 Å². The van der Waals surface area contributed by atoms with Gasteiger partial charge in [-0.1, -0.05) is 37.3 Å². The number of carbonyl (C=O) groups is 2. The summed E-state index contributed by atoms with van der Waals surface area (Å²) in [5, 5.41) is 14.6. The van der Waals surface area contributed by atoms with Gasteiger partial charge in [0, 0.05) is 17.5 Å². The van der Waals surface area contributed by atoms with Gasteiger partial charge in [-0.3, -0.25) is 4.79 Å². The van der Waals surface area contributed by atoms with E-state index in [1.807, 2.05) is 19.9 Å². The summed E-state index contributed by atoms with van der Waals surface area (Å²) in [5.74, 6) is -1.63. The molecule has 1 N–H and O–H groups in total. The second-order valence-corrected chi connectivity index (χ2v) is 6.58. The number of aliphatic carboxylic acids is 1. The predicted octanol–water partition coefficient (Wildman–Crippen LogP) is 1.65. The van der Waals surface area contributed by atoms with E-state index in [1.165, 1.54) is 6.07 Å². The van der Waals surface area contributed by atoms with E-state index in [1.54, 1.807) is 36.4 Å². The lowest BCUT2D eigenvalue weighted by molar-refractivity contribution is -0.308. The van der Waals surface area contributed by atoms with Crippen molar-refractivity contribution in [3.05, 3.63) is 75.6 Å². The van der Waals surface area contributed by atoms with Crippen molar-refractivity contribution < 1.29 is 23.8 Å². The summed E-state index contributed by atoms with van der Waals surface area (Å²) in [6, 6.07) is 11.8. The molecule has 29 heavy (non-hydrogen) atoms. The Morgan fingerprint density at radius 2 is 1.90 bits per heavy atom. The summed E-state index contributed by atoms with van der Waals surface area (Å²) in [6.45, 7) is 3.35. The van der Waals surface area contributed by atoms with E-state index in [4.69, 9.17) is 9.15 Å². The number of benzene rings is 2. The number of fused-ring (bicyclic) bond motifs is 1. The fraction of sp³-hybridized carbons (Fsp3) is 0.227. The molecule has 0 aliphatic rings. The Morgan fingerprint density at radius 3 is 2.55 bits per heavy atom. The maximum absolute atomic E-state index is 12.3. The molecule has 0 radical (unpaired) electrons. The second kappa shape index (κ2) is 8.60. The highest BCUT2D eigenvalue weighted by Gasteiger charge is 2.17. The summed E-state index contributed by atoms with van der Waals surface area (Å²) >= 11 is 0. The molecule has 0 aliphatic heterocycles. The number of nitrogens with one attached hydrogen (secondary N) is 1. The zero-order chi connectivity index (χ0) is 21.0. The summed E-state index contributed by atoms with van der Waals surface area (Å²) in [6.07, 6.45) is 0.636. The van der Waals surface area contributed by atoms with Crippen LogP contribution in [0.2, 0.25) is 0 Å². The van der Waals surface area contributed by atoms with E-state index in [9.17, 15) is 19.5 Å². The van der Waals surface area contributed by atoms with Crippen molar-refractivity contribution in [3.8, 4) is 5.75 Å². The molecular weight excluding hydrogens is 374 g/mol.